The monoisotopic (exact) mass is 540 g/mol. The predicted octanol–water partition coefficient (Wildman–Crippen LogP) is 4.36. The quantitative estimate of drug-likeness (QED) is 0.257. The van der Waals surface area contributed by atoms with Gasteiger partial charge < -0.3 is 31.5 Å². The number of piperazine rings is 1. The minimum absolute atomic E-state index is 0.0336. The molecule has 0 radical (unpaired) electrons. The number of anilines is 7. The number of halogens is 3. The molecule has 2 aromatic carbocycles. The van der Waals surface area contributed by atoms with Crippen LogP contribution in [0.5, 0.6) is 0 Å². The number of hydrogen-bond acceptors (Lipinski definition) is 8. The molecule has 0 unspecified atom stereocenters. The third kappa shape index (κ3) is 6.74. The molecule has 39 heavy (non-hydrogen) atoms. The summed E-state index contributed by atoms with van der Waals surface area (Å²) in [6.45, 7) is 7.43. The van der Waals surface area contributed by atoms with Gasteiger partial charge in [0, 0.05) is 56.4 Å². The highest BCUT2D eigenvalue weighted by molar-refractivity contribution is 5.99. The van der Waals surface area contributed by atoms with Gasteiger partial charge in [0.05, 0.1) is 11.4 Å². The van der Waals surface area contributed by atoms with Crippen molar-refractivity contribution >= 4 is 52.0 Å². The van der Waals surface area contributed by atoms with Gasteiger partial charge in [-0.2, -0.15) is 18.2 Å². The molecule has 0 spiro atoms. The minimum Gasteiger partial charge on any atom is -0.397 e. The van der Waals surface area contributed by atoms with Crippen LogP contribution in [0.1, 0.15) is 12.5 Å². The van der Waals surface area contributed by atoms with Crippen LogP contribution >= 0.6 is 0 Å². The number of aromatic nitrogens is 2. The number of benzene rings is 2. The molecule has 0 atom stereocenters. The van der Waals surface area contributed by atoms with Crippen molar-refractivity contribution < 1.29 is 22.8 Å². The summed E-state index contributed by atoms with van der Waals surface area (Å²) in [4.78, 5) is 34.9. The average molecular weight is 541 g/mol. The molecule has 1 aromatic heterocycles. The van der Waals surface area contributed by atoms with Crippen LogP contribution < -0.4 is 26.6 Å². The third-order valence-corrected chi connectivity index (χ3v) is 6.04. The van der Waals surface area contributed by atoms with Crippen molar-refractivity contribution in [3.63, 3.8) is 0 Å². The van der Waals surface area contributed by atoms with E-state index in [1.807, 2.05) is 6.07 Å². The number of hydrogen-bond donors (Lipinski definition) is 4. The van der Waals surface area contributed by atoms with Crippen molar-refractivity contribution in [2.75, 3.05) is 52.8 Å². The highest BCUT2D eigenvalue weighted by Gasteiger charge is 2.35. The van der Waals surface area contributed by atoms with Crippen molar-refractivity contribution in [1.29, 1.82) is 0 Å². The lowest BCUT2D eigenvalue weighted by Gasteiger charge is -2.35. The fourth-order valence-corrected chi connectivity index (χ4v) is 4.01. The van der Waals surface area contributed by atoms with Crippen LogP contribution in [0.25, 0.3) is 0 Å². The standard InChI is InChI=1S/C26H27F3N8O2/c1-3-23(39)32-17-5-4-6-18(13-17)33-24-20(26(27,28)29)15-31-25(35-24)34-22-8-7-19(14-21(22)30)37-11-9-36(10-12-37)16(2)38/h3-8,13-15H,1,9-12,30H2,2H3,(H,32,39)(H2,31,33,34,35). The van der Waals surface area contributed by atoms with Crippen molar-refractivity contribution in [2.45, 2.75) is 13.1 Å². The number of carbonyl (C=O) groups is 2. The van der Waals surface area contributed by atoms with Gasteiger partial charge in [-0.25, -0.2) is 4.98 Å². The van der Waals surface area contributed by atoms with E-state index in [0.717, 1.165) is 11.8 Å². The minimum atomic E-state index is -4.72. The first-order valence-electron chi connectivity index (χ1n) is 12.0. The summed E-state index contributed by atoms with van der Waals surface area (Å²) >= 11 is 0. The number of nitrogens with zero attached hydrogens (tertiary/aromatic N) is 4. The van der Waals surface area contributed by atoms with E-state index in [1.54, 1.807) is 36.1 Å². The van der Waals surface area contributed by atoms with Crippen molar-refractivity contribution in [3.05, 3.63) is 66.9 Å². The Kier molecular flexibility index (Phi) is 7.88. The summed E-state index contributed by atoms with van der Waals surface area (Å²) in [7, 11) is 0. The lowest BCUT2D eigenvalue weighted by molar-refractivity contribution is -0.137. The van der Waals surface area contributed by atoms with Gasteiger partial charge in [-0.05, 0) is 42.5 Å². The van der Waals surface area contributed by atoms with Crippen LogP contribution in [-0.2, 0) is 15.8 Å². The second kappa shape index (κ2) is 11.3. The zero-order valence-electron chi connectivity index (χ0n) is 21.0. The Morgan fingerprint density at radius 2 is 1.77 bits per heavy atom. The molecule has 2 heterocycles. The molecule has 1 aliphatic heterocycles. The first-order valence-corrected chi connectivity index (χ1v) is 12.0. The Labute approximate surface area is 222 Å². The van der Waals surface area contributed by atoms with E-state index in [-0.39, 0.29) is 17.5 Å². The van der Waals surface area contributed by atoms with E-state index >= 15 is 0 Å². The number of amides is 2. The van der Waals surface area contributed by atoms with Gasteiger partial charge in [-0.3, -0.25) is 9.59 Å². The van der Waals surface area contributed by atoms with Gasteiger partial charge in [-0.15, -0.1) is 0 Å². The lowest BCUT2D eigenvalue weighted by atomic mass is 10.2. The van der Waals surface area contributed by atoms with E-state index in [9.17, 15) is 22.8 Å². The van der Waals surface area contributed by atoms with Crippen LogP contribution in [0.15, 0.2) is 61.3 Å². The molecule has 1 fully saturated rings. The molecule has 1 saturated heterocycles. The third-order valence-electron chi connectivity index (χ3n) is 6.04. The molecule has 0 aliphatic carbocycles. The van der Waals surface area contributed by atoms with Gasteiger partial charge in [0.15, 0.2) is 0 Å². The highest BCUT2D eigenvalue weighted by atomic mass is 19.4. The lowest BCUT2D eigenvalue weighted by Crippen LogP contribution is -2.48. The van der Waals surface area contributed by atoms with E-state index in [1.165, 1.54) is 12.1 Å². The number of carbonyl (C=O) groups excluding carboxylic acids is 2. The molecular formula is C26H27F3N8O2. The zero-order chi connectivity index (χ0) is 28.2. The topological polar surface area (TPSA) is 129 Å². The molecule has 204 valence electrons. The summed E-state index contributed by atoms with van der Waals surface area (Å²) in [5.41, 5.74) is 7.42. The molecule has 5 N–H and O–H groups in total. The number of rotatable bonds is 7. The van der Waals surface area contributed by atoms with Gasteiger partial charge in [-0.1, -0.05) is 12.6 Å². The summed E-state index contributed by atoms with van der Waals surface area (Å²) in [6, 6.07) is 11.4. The smallest absolute Gasteiger partial charge is 0.397 e. The van der Waals surface area contributed by atoms with Crippen LogP contribution in [-0.4, -0.2) is 52.9 Å². The number of nitrogen functional groups attached to an aromatic ring is 1. The molecule has 2 amide bonds. The molecule has 0 saturated carbocycles. The largest absolute Gasteiger partial charge is 0.421 e. The Hall–Kier alpha value is -4.81. The van der Waals surface area contributed by atoms with Gasteiger partial charge in [0.1, 0.15) is 11.4 Å². The number of nitrogens with one attached hydrogen (secondary N) is 3. The van der Waals surface area contributed by atoms with Gasteiger partial charge in [0.25, 0.3) is 0 Å². The maximum absolute atomic E-state index is 13.7. The van der Waals surface area contributed by atoms with E-state index in [0.29, 0.717) is 49.4 Å². The van der Waals surface area contributed by atoms with Crippen molar-refractivity contribution in [3.8, 4) is 0 Å². The maximum Gasteiger partial charge on any atom is 0.421 e. The van der Waals surface area contributed by atoms with Gasteiger partial charge >= 0.3 is 6.18 Å². The van der Waals surface area contributed by atoms with Crippen LogP contribution in [0.4, 0.5) is 53.4 Å². The second-order valence-electron chi connectivity index (χ2n) is 8.74. The molecule has 13 heteroatoms. The Balaban J connectivity index is 1.54. The summed E-state index contributed by atoms with van der Waals surface area (Å²) in [5.74, 6) is -1.01. The van der Waals surface area contributed by atoms with Crippen molar-refractivity contribution in [1.82, 2.24) is 14.9 Å². The zero-order valence-corrected chi connectivity index (χ0v) is 21.0. The summed E-state index contributed by atoms with van der Waals surface area (Å²) in [5, 5.41) is 8.09. The van der Waals surface area contributed by atoms with Crippen LogP contribution in [0.3, 0.4) is 0 Å². The Morgan fingerprint density at radius 1 is 1.05 bits per heavy atom. The molecule has 3 aromatic rings. The molecular weight excluding hydrogens is 513 g/mol. The SMILES string of the molecule is C=CC(=O)Nc1cccc(Nc2nc(Nc3ccc(N4CCN(C(C)=O)CC4)cc3N)ncc2C(F)(F)F)c1. The van der Waals surface area contributed by atoms with Gasteiger partial charge in [0.2, 0.25) is 17.8 Å². The molecule has 4 rings (SSSR count). The fourth-order valence-electron chi connectivity index (χ4n) is 4.01. The number of alkyl halides is 3. The molecule has 0 bridgehead atoms. The maximum atomic E-state index is 13.7. The highest BCUT2D eigenvalue weighted by Crippen LogP contribution is 2.36. The van der Waals surface area contributed by atoms with Crippen LogP contribution in [0.2, 0.25) is 0 Å². The molecule has 1 aliphatic rings. The normalized spacial score (nSPS) is 13.5. The summed E-state index contributed by atoms with van der Waals surface area (Å²) < 4.78 is 41.1. The van der Waals surface area contributed by atoms with Crippen molar-refractivity contribution in [2.24, 2.45) is 0 Å². The summed E-state index contributed by atoms with van der Waals surface area (Å²) in [6.07, 6.45) is -2.96. The van der Waals surface area contributed by atoms with E-state index in [2.05, 4.69) is 37.4 Å². The first kappa shape index (κ1) is 27.2. The van der Waals surface area contributed by atoms with E-state index < -0.39 is 23.5 Å². The Morgan fingerprint density at radius 3 is 2.41 bits per heavy atom. The van der Waals surface area contributed by atoms with E-state index in [4.69, 9.17) is 5.73 Å². The first-order chi connectivity index (χ1) is 18.5. The second-order valence-corrected chi connectivity index (χ2v) is 8.74. The predicted molar refractivity (Wildman–Crippen MR) is 144 cm³/mol. The van der Waals surface area contributed by atoms with Crippen LogP contribution in [0, 0.1) is 0 Å². The number of nitrogens with two attached hydrogens (primary N) is 1. The average Bonchev–Trinajstić information content (AvgIpc) is 2.89. The molecule has 10 nitrogen and oxygen atoms in total. The Bertz CT molecular complexity index is 1390. The fraction of sp³-hybridized carbons (Fsp3) is 0.231.